The van der Waals surface area contributed by atoms with Crippen LogP contribution in [0.5, 0.6) is 0 Å². The molecule has 1 saturated carbocycles. The predicted octanol–water partition coefficient (Wildman–Crippen LogP) is 2.35. The van der Waals surface area contributed by atoms with Crippen LogP contribution in [0.2, 0.25) is 0 Å². The van der Waals surface area contributed by atoms with Crippen molar-refractivity contribution >= 4 is 5.91 Å². The maximum atomic E-state index is 12.6. The number of alkyl halides is 3. The van der Waals surface area contributed by atoms with Gasteiger partial charge in [-0.3, -0.25) is 4.79 Å². The Kier molecular flexibility index (Phi) is 5.71. The molecule has 7 heteroatoms. The molecule has 1 heterocycles. The number of carbonyl (C=O) groups excluding carboxylic acids is 1. The molecular formula is C15H24F3NO3. The number of aliphatic hydroxyl groups is 1. The molecule has 4 nitrogen and oxygen atoms in total. The zero-order valence-electron chi connectivity index (χ0n) is 12.8. The Morgan fingerprint density at radius 2 is 1.91 bits per heavy atom. The van der Waals surface area contributed by atoms with E-state index in [0.717, 1.165) is 0 Å². The molecule has 0 unspecified atom stereocenters. The predicted molar refractivity (Wildman–Crippen MR) is 74.1 cm³/mol. The van der Waals surface area contributed by atoms with E-state index in [2.05, 4.69) is 0 Å². The molecule has 0 bridgehead atoms. The molecule has 128 valence electrons. The summed E-state index contributed by atoms with van der Waals surface area (Å²) < 4.78 is 43.2. The van der Waals surface area contributed by atoms with Gasteiger partial charge in [0, 0.05) is 20.1 Å². The van der Waals surface area contributed by atoms with Crippen LogP contribution in [0.25, 0.3) is 0 Å². The third-order valence-electron chi connectivity index (χ3n) is 5.01. The maximum Gasteiger partial charge on any atom is 0.391 e. The van der Waals surface area contributed by atoms with Crippen molar-refractivity contribution in [1.82, 2.24) is 4.90 Å². The molecule has 0 radical (unpaired) electrons. The van der Waals surface area contributed by atoms with Gasteiger partial charge in [-0.2, -0.15) is 13.2 Å². The third kappa shape index (κ3) is 4.13. The number of hydrogen-bond acceptors (Lipinski definition) is 3. The van der Waals surface area contributed by atoms with Crippen molar-refractivity contribution in [3.8, 4) is 0 Å². The Balaban J connectivity index is 1.83. The van der Waals surface area contributed by atoms with Crippen LogP contribution >= 0.6 is 0 Å². The first-order valence-electron chi connectivity index (χ1n) is 7.85. The average Bonchev–Trinajstić information content (AvgIpc) is 2.90. The van der Waals surface area contributed by atoms with Crippen molar-refractivity contribution in [3.05, 3.63) is 0 Å². The van der Waals surface area contributed by atoms with E-state index in [1.807, 2.05) is 0 Å². The van der Waals surface area contributed by atoms with Gasteiger partial charge in [0.1, 0.15) is 0 Å². The quantitative estimate of drug-likeness (QED) is 0.864. The second-order valence-electron chi connectivity index (χ2n) is 6.44. The summed E-state index contributed by atoms with van der Waals surface area (Å²) in [6, 6.07) is -0.232. The van der Waals surface area contributed by atoms with Gasteiger partial charge in [0.25, 0.3) is 0 Å². The summed E-state index contributed by atoms with van der Waals surface area (Å²) in [7, 11) is 1.57. The first-order chi connectivity index (χ1) is 10.3. The minimum atomic E-state index is -4.11. The first kappa shape index (κ1) is 17.5. The van der Waals surface area contributed by atoms with Crippen LogP contribution in [0.1, 0.15) is 38.5 Å². The number of carbonyl (C=O) groups is 1. The lowest BCUT2D eigenvalue weighted by molar-refractivity contribution is -0.184. The van der Waals surface area contributed by atoms with Crippen molar-refractivity contribution in [2.45, 2.75) is 56.8 Å². The van der Waals surface area contributed by atoms with Crippen molar-refractivity contribution in [1.29, 1.82) is 0 Å². The number of aliphatic hydroxyl groups excluding tert-OH is 1. The standard InChI is InChI=1S/C15H24F3NO3/c1-22-13-7-12(9-20)19(8-13)14(21)6-10-2-4-11(5-3-10)15(16,17)18/h10-13,20H,2-9H2,1H3/t10?,11?,12-,13-/m0/s1. The van der Waals surface area contributed by atoms with Crippen LogP contribution in [-0.4, -0.2) is 54.5 Å². The fourth-order valence-electron chi connectivity index (χ4n) is 3.58. The zero-order chi connectivity index (χ0) is 16.3. The number of likely N-dealkylation sites (tertiary alicyclic amines) is 1. The van der Waals surface area contributed by atoms with Crippen LogP contribution < -0.4 is 0 Å². The smallest absolute Gasteiger partial charge is 0.391 e. The summed E-state index contributed by atoms with van der Waals surface area (Å²) in [4.78, 5) is 14.0. The van der Waals surface area contributed by atoms with E-state index in [1.54, 1.807) is 12.0 Å². The normalized spacial score (nSPS) is 33.2. The molecule has 22 heavy (non-hydrogen) atoms. The summed E-state index contributed by atoms with van der Waals surface area (Å²) >= 11 is 0. The largest absolute Gasteiger partial charge is 0.394 e. The number of halogens is 3. The van der Waals surface area contributed by atoms with Crippen LogP contribution in [0.15, 0.2) is 0 Å². The lowest BCUT2D eigenvalue weighted by Gasteiger charge is -2.31. The van der Waals surface area contributed by atoms with Crippen LogP contribution in [-0.2, 0) is 9.53 Å². The highest BCUT2D eigenvalue weighted by molar-refractivity contribution is 5.77. The van der Waals surface area contributed by atoms with E-state index in [-0.39, 0.29) is 49.8 Å². The number of amides is 1. The zero-order valence-corrected chi connectivity index (χ0v) is 12.8. The second-order valence-corrected chi connectivity index (χ2v) is 6.44. The highest BCUT2D eigenvalue weighted by Gasteiger charge is 2.42. The highest BCUT2D eigenvalue weighted by atomic mass is 19.4. The number of methoxy groups -OCH3 is 1. The van der Waals surface area contributed by atoms with Gasteiger partial charge >= 0.3 is 6.18 Å². The topological polar surface area (TPSA) is 49.8 Å². The van der Waals surface area contributed by atoms with E-state index in [0.29, 0.717) is 25.8 Å². The van der Waals surface area contributed by atoms with E-state index < -0.39 is 12.1 Å². The van der Waals surface area contributed by atoms with Gasteiger partial charge in [-0.15, -0.1) is 0 Å². The Hall–Kier alpha value is -0.820. The SMILES string of the molecule is CO[C@H]1C[C@@H](CO)N(C(=O)CC2CCC(C(F)(F)F)CC2)C1. The molecule has 0 spiro atoms. The highest BCUT2D eigenvalue weighted by Crippen LogP contribution is 2.40. The third-order valence-corrected chi connectivity index (χ3v) is 5.01. The van der Waals surface area contributed by atoms with Crippen LogP contribution in [0.3, 0.4) is 0 Å². The summed E-state index contributed by atoms with van der Waals surface area (Å²) in [5.74, 6) is -1.27. The van der Waals surface area contributed by atoms with Crippen LogP contribution in [0.4, 0.5) is 13.2 Å². The number of hydrogen-bond donors (Lipinski definition) is 1. The Morgan fingerprint density at radius 1 is 1.27 bits per heavy atom. The molecule has 2 fully saturated rings. The lowest BCUT2D eigenvalue weighted by atomic mass is 9.80. The Bertz CT molecular complexity index is 381. The summed E-state index contributed by atoms with van der Waals surface area (Å²) in [6.45, 7) is 0.352. The summed E-state index contributed by atoms with van der Waals surface area (Å²) in [5.41, 5.74) is 0. The fourth-order valence-corrected chi connectivity index (χ4v) is 3.58. The molecule has 0 aromatic carbocycles. The Labute approximate surface area is 128 Å². The summed E-state index contributed by atoms with van der Waals surface area (Å²) in [6.07, 6.45) is -2.17. The Morgan fingerprint density at radius 3 is 2.41 bits per heavy atom. The van der Waals surface area contributed by atoms with Gasteiger partial charge in [-0.25, -0.2) is 0 Å². The fraction of sp³-hybridized carbons (Fsp3) is 0.933. The second kappa shape index (κ2) is 7.17. The maximum absolute atomic E-state index is 12.6. The molecule has 1 saturated heterocycles. The first-order valence-corrected chi connectivity index (χ1v) is 7.85. The molecule has 1 N–H and O–H groups in total. The van der Waals surface area contributed by atoms with E-state index >= 15 is 0 Å². The molecule has 2 atom stereocenters. The average molecular weight is 323 g/mol. The molecule has 2 aliphatic rings. The van der Waals surface area contributed by atoms with Gasteiger partial charge in [-0.1, -0.05) is 0 Å². The molecule has 1 amide bonds. The van der Waals surface area contributed by atoms with Crippen molar-refractivity contribution < 1.29 is 27.8 Å². The van der Waals surface area contributed by atoms with Gasteiger partial charge in [0.15, 0.2) is 0 Å². The van der Waals surface area contributed by atoms with Crippen molar-refractivity contribution in [2.75, 3.05) is 20.3 Å². The molecular weight excluding hydrogens is 299 g/mol. The van der Waals surface area contributed by atoms with Crippen molar-refractivity contribution in [2.24, 2.45) is 11.8 Å². The number of nitrogens with zero attached hydrogens (tertiary/aromatic N) is 1. The molecule has 2 rings (SSSR count). The van der Waals surface area contributed by atoms with Gasteiger partial charge in [0.05, 0.1) is 24.7 Å². The van der Waals surface area contributed by atoms with Gasteiger partial charge in [-0.05, 0) is 38.0 Å². The van der Waals surface area contributed by atoms with Crippen LogP contribution in [0, 0.1) is 11.8 Å². The van der Waals surface area contributed by atoms with Gasteiger partial charge in [0.2, 0.25) is 5.91 Å². The molecule has 1 aliphatic heterocycles. The van der Waals surface area contributed by atoms with Crippen molar-refractivity contribution in [3.63, 3.8) is 0 Å². The minimum absolute atomic E-state index is 0.0204. The van der Waals surface area contributed by atoms with E-state index in [1.165, 1.54) is 0 Å². The van der Waals surface area contributed by atoms with E-state index in [9.17, 15) is 23.1 Å². The monoisotopic (exact) mass is 323 g/mol. The molecule has 0 aromatic rings. The molecule has 1 aliphatic carbocycles. The number of ether oxygens (including phenoxy) is 1. The molecule has 0 aromatic heterocycles. The lowest BCUT2D eigenvalue weighted by Crippen LogP contribution is -2.39. The summed E-state index contributed by atoms with van der Waals surface area (Å²) in [5, 5.41) is 9.35. The van der Waals surface area contributed by atoms with Gasteiger partial charge < -0.3 is 14.7 Å². The minimum Gasteiger partial charge on any atom is -0.394 e. The van der Waals surface area contributed by atoms with E-state index in [4.69, 9.17) is 4.74 Å². The number of rotatable bonds is 4.